The molecule has 6 aromatic rings. The molecule has 0 amide bonds. The Bertz CT molecular complexity index is 1510. The van der Waals surface area contributed by atoms with Crippen LogP contribution in [0.3, 0.4) is 0 Å². The molecular weight excluding hydrogens is 408 g/mol. The second kappa shape index (κ2) is 8.84. The molecule has 0 unspecified atom stereocenters. The summed E-state index contributed by atoms with van der Waals surface area (Å²) in [5.41, 5.74) is 7.40. The van der Waals surface area contributed by atoms with Crippen molar-refractivity contribution >= 4 is 33.2 Å². The molecule has 0 aliphatic carbocycles. The second-order valence-corrected chi connectivity index (χ2v) is 8.61. The average molecular weight is 433 g/mol. The van der Waals surface area contributed by atoms with Crippen molar-refractivity contribution in [1.29, 1.82) is 0 Å². The number of fused-ring (bicyclic) bond motifs is 2. The quantitative estimate of drug-likeness (QED) is 0.192. The Kier molecular flexibility index (Phi) is 5.26. The van der Waals surface area contributed by atoms with E-state index in [4.69, 9.17) is 0 Å². The van der Waals surface area contributed by atoms with Gasteiger partial charge in [0.2, 0.25) is 0 Å². The highest BCUT2D eigenvalue weighted by atomic mass is 14.1. The SMILES string of the molecule is C(=C(c1ccccc1)c1ccccc1)c1ccc(-c2c3ccccc3cc3ccccc23)cc1. The maximum atomic E-state index is 2.29. The van der Waals surface area contributed by atoms with E-state index in [0.29, 0.717) is 0 Å². The molecule has 0 bridgehead atoms. The van der Waals surface area contributed by atoms with E-state index in [1.54, 1.807) is 0 Å². The van der Waals surface area contributed by atoms with Gasteiger partial charge in [-0.05, 0) is 67.1 Å². The fraction of sp³-hybridized carbons (Fsp3) is 0. The topological polar surface area (TPSA) is 0 Å². The van der Waals surface area contributed by atoms with E-state index in [0.717, 1.165) is 0 Å². The summed E-state index contributed by atoms with van der Waals surface area (Å²) >= 11 is 0. The zero-order chi connectivity index (χ0) is 22.7. The van der Waals surface area contributed by atoms with Crippen molar-refractivity contribution < 1.29 is 0 Å². The van der Waals surface area contributed by atoms with E-state index >= 15 is 0 Å². The van der Waals surface area contributed by atoms with Gasteiger partial charge in [0.25, 0.3) is 0 Å². The standard InChI is InChI=1S/C34H24/c1-3-11-26(12-4-1)33(27-13-5-2-6-14-27)23-25-19-21-28(22-20-25)34-31-17-9-7-15-29(31)24-30-16-8-10-18-32(30)34/h1-24H. The predicted octanol–water partition coefficient (Wildman–Crippen LogP) is 9.25. The van der Waals surface area contributed by atoms with Crippen LogP contribution in [0, 0.1) is 0 Å². The lowest BCUT2D eigenvalue weighted by Crippen LogP contribution is -1.89. The largest absolute Gasteiger partial charge is 0.0622 e. The molecule has 0 aliphatic heterocycles. The van der Waals surface area contributed by atoms with Crippen LogP contribution in [0.2, 0.25) is 0 Å². The minimum absolute atomic E-state index is 1.19. The zero-order valence-electron chi connectivity index (χ0n) is 18.9. The molecule has 0 heterocycles. The molecule has 0 aliphatic rings. The summed E-state index contributed by atoms with van der Waals surface area (Å²) in [6.45, 7) is 0. The van der Waals surface area contributed by atoms with Crippen molar-refractivity contribution in [2.24, 2.45) is 0 Å². The molecule has 0 saturated heterocycles. The molecule has 6 rings (SSSR count). The third-order valence-corrected chi connectivity index (χ3v) is 6.45. The van der Waals surface area contributed by atoms with Gasteiger partial charge in [-0.3, -0.25) is 0 Å². The first kappa shape index (κ1) is 20.2. The monoisotopic (exact) mass is 432 g/mol. The van der Waals surface area contributed by atoms with Gasteiger partial charge in [0.05, 0.1) is 0 Å². The van der Waals surface area contributed by atoms with E-state index in [9.17, 15) is 0 Å². The van der Waals surface area contributed by atoms with Crippen molar-refractivity contribution in [2.45, 2.75) is 0 Å². The Morgan fingerprint density at radius 1 is 0.441 bits per heavy atom. The van der Waals surface area contributed by atoms with Gasteiger partial charge < -0.3 is 0 Å². The van der Waals surface area contributed by atoms with Gasteiger partial charge in [-0.15, -0.1) is 0 Å². The van der Waals surface area contributed by atoms with Crippen LogP contribution in [-0.2, 0) is 0 Å². The van der Waals surface area contributed by atoms with Gasteiger partial charge in [0.15, 0.2) is 0 Å². The molecule has 0 spiro atoms. The summed E-state index contributed by atoms with van der Waals surface area (Å²) in [6.07, 6.45) is 2.29. The van der Waals surface area contributed by atoms with E-state index in [2.05, 4.69) is 146 Å². The van der Waals surface area contributed by atoms with Gasteiger partial charge in [0.1, 0.15) is 0 Å². The molecule has 160 valence electrons. The van der Waals surface area contributed by atoms with Crippen molar-refractivity contribution in [3.8, 4) is 11.1 Å². The highest BCUT2D eigenvalue weighted by Crippen LogP contribution is 2.36. The lowest BCUT2D eigenvalue weighted by Gasteiger charge is -2.13. The first-order valence-corrected chi connectivity index (χ1v) is 11.7. The molecule has 0 atom stereocenters. The van der Waals surface area contributed by atoms with Crippen molar-refractivity contribution in [3.05, 3.63) is 156 Å². The van der Waals surface area contributed by atoms with Crippen LogP contribution in [0.15, 0.2) is 140 Å². The number of benzene rings is 6. The highest BCUT2D eigenvalue weighted by molar-refractivity contribution is 6.12. The maximum absolute atomic E-state index is 2.29. The molecule has 0 aromatic heterocycles. The average Bonchev–Trinajstić information content (AvgIpc) is 2.92. The Morgan fingerprint density at radius 3 is 1.44 bits per heavy atom. The highest BCUT2D eigenvalue weighted by Gasteiger charge is 2.10. The lowest BCUT2D eigenvalue weighted by atomic mass is 9.91. The Hall–Kier alpha value is -4.42. The maximum Gasteiger partial charge on any atom is -0.00268 e. The molecule has 0 N–H and O–H groups in total. The Labute approximate surface area is 200 Å². The zero-order valence-corrected chi connectivity index (χ0v) is 18.9. The summed E-state index contributed by atoms with van der Waals surface area (Å²) < 4.78 is 0. The van der Waals surface area contributed by atoms with E-state index in [1.165, 1.54) is 54.9 Å². The van der Waals surface area contributed by atoms with Crippen molar-refractivity contribution in [1.82, 2.24) is 0 Å². The van der Waals surface area contributed by atoms with Gasteiger partial charge >= 0.3 is 0 Å². The van der Waals surface area contributed by atoms with E-state index in [1.807, 2.05) is 0 Å². The van der Waals surface area contributed by atoms with Crippen molar-refractivity contribution in [3.63, 3.8) is 0 Å². The Balaban J connectivity index is 1.49. The third kappa shape index (κ3) is 3.80. The first-order valence-electron chi connectivity index (χ1n) is 11.7. The molecule has 0 heteroatoms. The van der Waals surface area contributed by atoms with Crippen LogP contribution in [0.4, 0.5) is 0 Å². The van der Waals surface area contributed by atoms with Crippen LogP contribution in [0.5, 0.6) is 0 Å². The normalized spacial score (nSPS) is 10.9. The van der Waals surface area contributed by atoms with Crippen LogP contribution < -0.4 is 0 Å². The molecule has 0 saturated carbocycles. The van der Waals surface area contributed by atoms with Gasteiger partial charge in [-0.2, -0.15) is 0 Å². The summed E-state index contributed by atoms with van der Waals surface area (Å²) in [6, 6.07) is 49.9. The minimum atomic E-state index is 1.19. The van der Waals surface area contributed by atoms with Gasteiger partial charge in [-0.1, -0.05) is 133 Å². The van der Waals surface area contributed by atoms with Gasteiger partial charge in [0, 0.05) is 0 Å². The van der Waals surface area contributed by atoms with Crippen LogP contribution in [-0.4, -0.2) is 0 Å². The third-order valence-electron chi connectivity index (χ3n) is 6.45. The molecule has 0 radical (unpaired) electrons. The van der Waals surface area contributed by atoms with E-state index in [-0.39, 0.29) is 0 Å². The van der Waals surface area contributed by atoms with Crippen LogP contribution in [0.25, 0.3) is 44.3 Å². The summed E-state index contributed by atoms with van der Waals surface area (Å²) in [7, 11) is 0. The summed E-state index contributed by atoms with van der Waals surface area (Å²) in [4.78, 5) is 0. The summed E-state index contributed by atoms with van der Waals surface area (Å²) in [5, 5.41) is 5.13. The molecule has 0 nitrogen and oxygen atoms in total. The van der Waals surface area contributed by atoms with Crippen molar-refractivity contribution in [2.75, 3.05) is 0 Å². The molecule has 0 fully saturated rings. The fourth-order valence-electron chi connectivity index (χ4n) is 4.81. The number of hydrogen-bond acceptors (Lipinski definition) is 0. The number of hydrogen-bond donors (Lipinski definition) is 0. The van der Waals surface area contributed by atoms with Crippen LogP contribution in [0.1, 0.15) is 16.7 Å². The van der Waals surface area contributed by atoms with Gasteiger partial charge in [-0.25, -0.2) is 0 Å². The lowest BCUT2D eigenvalue weighted by molar-refractivity contribution is 1.55. The second-order valence-electron chi connectivity index (χ2n) is 8.61. The Morgan fingerprint density at radius 2 is 0.912 bits per heavy atom. The minimum Gasteiger partial charge on any atom is -0.0622 e. The first-order chi connectivity index (χ1) is 16.9. The molecule has 6 aromatic carbocycles. The fourth-order valence-corrected chi connectivity index (χ4v) is 4.81. The molecule has 34 heavy (non-hydrogen) atoms. The molecular formula is C34H24. The van der Waals surface area contributed by atoms with E-state index < -0.39 is 0 Å². The smallest absolute Gasteiger partial charge is 0.00268 e. The summed E-state index contributed by atoms with van der Waals surface area (Å²) in [5.74, 6) is 0. The number of rotatable bonds is 4. The predicted molar refractivity (Wildman–Crippen MR) is 147 cm³/mol. The van der Waals surface area contributed by atoms with Crippen LogP contribution >= 0.6 is 0 Å².